The maximum atomic E-state index is 14.2. The Kier molecular flexibility index (Phi) is 11.8. The molecule has 0 fully saturated rings. The molecule has 0 spiro atoms. The van der Waals surface area contributed by atoms with Crippen LogP contribution in [0.1, 0.15) is 98.2 Å². The fourth-order valence-electron chi connectivity index (χ4n) is 3.97. The molecule has 0 aromatic heterocycles. The number of nitrogens with two attached hydrogens (primary N) is 1. The van der Waals surface area contributed by atoms with E-state index in [1.54, 1.807) is 45.0 Å². The van der Waals surface area contributed by atoms with Crippen LogP contribution in [-0.4, -0.2) is 51.9 Å². The number of rotatable bonds is 12. The molecule has 0 radical (unpaired) electrons. The Hall–Kier alpha value is -3.54. The lowest BCUT2D eigenvalue weighted by Gasteiger charge is -2.44. The van der Waals surface area contributed by atoms with Crippen LogP contribution in [0.4, 0.5) is 4.79 Å². The molecule has 0 aliphatic carbocycles. The second kappa shape index (κ2) is 13.8. The summed E-state index contributed by atoms with van der Waals surface area (Å²) in [6.45, 7) is 14.5. The van der Waals surface area contributed by atoms with Crippen molar-refractivity contribution in [2.45, 2.75) is 110 Å². The second-order valence-electron chi connectivity index (χ2n) is 11.1. The quantitative estimate of drug-likeness (QED) is 0.355. The molecule has 210 valence electrons. The molecule has 4 N–H and O–H groups in total. The predicted octanol–water partition coefficient (Wildman–Crippen LogP) is 3.80. The van der Waals surface area contributed by atoms with Crippen LogP contribution in [0.25, 0.3) is 0 Å². The molecule has 3 atom stereocenters. The van der Waals surface area contributed by atoms with Gasteiger partial charge in [-0.2, -0.15) is 0 Å². The summed E-state index contributed by atoms with van der Waals surface area (Å²) < 4.78 is 5.32. The van der Waals surface area contributed by atoms with E-state index in [1.807, 2.05) is 34.6 Å². The summed E-state index contributed by atoms with van der Waals surface area (Å²) in [5, 5.41) is 5.51. The summed E-state index contributed by atoms with van der Waals surface area (Å²) >= 11 is 0. The van der Waals surface area contributed by atoms with Gasteiger partial charge in [0.1, 0.15) is 17.7 Å². The van der Waals surface area contributed by atoms with Gasteiger partial charge in [0.15, 0.2) is 0 Å². The van der Waals surface area contributed by atoms with E-state index in [1.165, 1.54) is 4.90 Å². The first-order valence-corrected chi connectivity index (χ1v) is 13.0. The molecule has 0 aliphatic rings. The normalized spacial score (nSPS) is 13.9. The van der Waals surface area contributed by atoms with Gasteiger partial charge in [-0.25, -0.2) is 4.79 Å². The number of primary amides is 1. The molecule has 1 aromatic rings. The minimum Gasteiger partial charge on any atom is -0.444 e. The first kappa shape index (κ1) is 32.5. The van der Waals surface area contributed by atoms with Crippen LogP contribution in [0.15, 0.2) is 24.3 Å². The largest absolute Gasteiger partial charge is 0.444 e. The van der Waals surface area contributed by atoms with Gasteiger partial charge in [-0.1, -0.05) is 38.3 Å². The van der Waals surface area contributed by atoms with Crippen molar-refractivity contribution in [2.75, 3.05) is 0 Å². The minimum absolute atomic E-state index is 0.136. The van der Waals surface area contributed by atoms with Crippen molar-refractivity contribution >= 4 is 23.8 Å². The van der Waals surface area contributed by atoms with E-state index in [0.29, 0.717) is 17.5 Å². The Morgan fingerprint density at radius 3 is 2.08 bits per heavy atom. The summed E-state index contributed by atoms with van der Waals surface area (Å²) in [6.07, 6.45) is 6.28. The van der Waals surface area contributed by atoms with Crippen LogP contribution in [0, 0.1) is 12.3 Å². The van der Waals surface area contributed by atoms with E-state index in [0.717, 1.165) is 12.8 Å². The van der Waals surface area contributed by atoms with Crippen molar-refractivity contribution in [1.82, 2.24) is 15.5 Å². The van der Waals surface area contributed by atoms with Crippen LogP contribution in [-0.2, 0) is 19.1 Å². The number of carbonyl (C=O) groups excluding carboxylic acids is 4. The average molecular weight is 529 g/mol. The van der Waals surface area contributed by atoms with Gasteiger partial charge in [0.05, 0.1) is 6.42 Å². The SMILES string of the molecule is C#Cc1ccc(C(C(=O)NC(C)CCC)N(C(=O)C(CC(N)=O)NC(=O)OC(C)(C)C)C(C)(C)CC)cc1. The van der Waals surface area contributed by atoms with Crippen LogP contribution >= 0.6 is 0 Å². The van der Waals surface area contributed by atoms with Crippen molar-refractivity contribution in [1.29, 1.82) is 0 Å². The highest BCUT2D eigenvalue weighted by atomic mass is 16.6. The fourth-order valence-corrected chi connectivity index (χ4v) is 3.97. The van der Waals surface area contributed by atoms with Crippen LogP contribution < -0.4 is 16.4 Å². The third kappa shape index (κ3) is 9.73. The molecule has 0 saturated carbocycles. The summed E-state index contributed by atoms with van der Waals surface area (Å²) in [6, 6.07) is 4.27. The third-order valence-electron chi connectivity index (χ3n) is 6.16. The number of nitrogens with zero attached hydrogens (tertiary/aromatic N) is 1. The van der Waals surface area contributed by atoms with Gasteiger partial charge in [0, 0.05) is 17.1 Å². The lowest BCUT2D eigenvalue weighted by atomic mass is 9.91. The molecule has 0 aliphatic heterocycles. The molecule has 38 heavy (non-hydrogen) atoms. The van der Waals surface area contributed by atoms with Gasteiger partial charge in [-0.15, -0.1) is 6.42 Å². The maximum Gasteiger partial charge on any atom is 0.408 e. The predicted molar refractivity (Wildman–Crippen MR) is 148 cm³/mol. The van der Waals surface area contributed by atoms with Gasteiger partial charge in [-0.05, 0) is 72.1 Å². The van der Waals surface area contributed by atoms with Crippen LogP contribution in [0.3, 0.4) is 0 Å². The number of amides is 4. The number of ether oxygens (including phenoxy) is 1. The second-order valence-corrected chi connectivity index (χ2v) is 11.1. The highest BCUT2D eigenvalue weighted by molar-refractivity contribution is 5.95. The monoisotopic (exact) mass is 528 g/mol. The number of benzene rings is 1. The third-order valence-corrected chi connectivity index (χ3v) is 6.16. The zero-order valence-electron chi connectivity index (χ0n) is 24.0. The number of hydrogen-bond acceptors (Lipinski definition) is 5. The Balaban J connectivity index is 3.68. The van der Waals surface area contributed by atoms with Crippen molar-refractivity contribution in [3.63, 3.8) is 0 Å². The van der Waals surface area contributed by atoms with Gasteiger partial charge in [0.25, 0.3) is 0 Å². The Bertz CT molecular complexity index is 1020. The van der Waals surface area contributed by atoms with Gasteiger partial charge >= 0.3 is 6.09 Å². The van der Waals surface area contributed by atoms with Gasteiger partial charge in [-0.3, -0.25) is 14.4 Å². The van der Waals surface area contributed by atoms with E-state index >= 15 is 0 Å². The summed E-state index contributed by atoms with van der Waals surface area (Å²) in [4.78, 5) is 53.9. The molecule has 4 amide bonds. The summed E-state index contributed by atoms with van der Waals surface area (Å²) in [5.41, 5.74) is 4.93. The fraction of sp³-hybridized carbons (Fsp3) is 0.586. The summed E-state index contributed by atoms with van der Waals surface area (Å²) in [7, 11) is 0. The number of alkyl carbamates (subject to hydrolysis) is 1. The summed E-state index contributed by atoms with van der Waals surface area (Å²) in [5.74, 6) is 0.745. The first-order valence-electron chi connectivity index (χ1n) is 13.0. The molecule has 0 saturated heterocycles. The Morgan fingerprint density at radius 2 is 1.63 bits per heavy atom. The molecule has 9 nitrogen and oxygen atoms in total. The van der Waals surface area contributed by atoms with Crippen LogP contribution in [0.5, 0.6) is 0 Å². The number of nitrogens with one attached hydrogen (secondary N) is 2. The number of carbonyl (C=O) groups is 4. The van der Waals surface area contributed by atoms with Crippen molar-refractivity contribution in [3.05, 3.63) is 35.4 Å². The smallest absolute Gasteiger partial charge is 0.408 e. The Morgan fingerprint density at radius 1 is 1.05 bits per heavy atom. The first-order chi connectivity index (χ1) is 17.6. The van der Waals surface area contributed by atoms with E-state index in [9.17, 15) is 19.2 Å². The topological polar surface area (TPSA) is 131 Å². The zero-order chi connectivity index (χ0) is 29.3. The molecule has 0 bridgehead atoms. The van der Waals surface area contributed by atoms with Crippen molar-refractivity contribution in [3.8, 4) is 12.3 Å². The lowest BCUT2D eigenvalue weighted by molar-refractivity contribution is -0.150. The highest BCUT2D eigenvalue weighted by Crippen LogP contribution is 2.33. The van der Waals surface area contributed by atoms with E-state index in [2.05, 4.69) is 16.6 Å². The Labute approximate surface area is 227 Å². The van der Waals surface area contributed by atoms with E-state index in [4.69, 9.17) is 16.9 Å². The standard InChI is InChI=1S/C29H44N4O5/c1-10-13-19(4)31-25(35)24(21-16-14-20(11-2)15-17-21)33(29(8,9)12-3)26(36)22(18-23(30)34)32-27(37)38-28(5,6)7/h2,14-17,19,22,24H,10,12-13,18H2,1,3-9H3,(H2,30,34)(H,31,35)(H,32,37). The zero-order valence-corrected chi connectivity index (χ0v) is 24.0. The molecule has 9 heteroatoms. The van der Waals surface area contributed by atoms with Crippen molar-refractivity contribution < 1.29 is 23.9 Å². The molecule has 1 aromatic carbocycles. The van der Waals surface area contributed by atoms with E-state index < -0.39 is 47.6 Å². The minimum atomic E-state index is -1.35. The molecular weight excluding hydrogens is 484 g/mol. The van der Waals surface area contributed by atoms with Gasteiger partial charge in [0.2, 0.25) is 17.7 Å². The average Bonchev–Trinajstić information content (AvgIpc) is 2.80. The molecule has 1 rings (SSSR count). The van der Waals surface area contributed by atoms with Crippen molar-refractivity contribution in [2.24, 2.45) is 5.73 Å². The maximum absolute atomic E-state index is 14.2. The van der Waals surface area contributed by atoms with Crippen LogP contribution in [0.2, 0.25) is 0 Å². The molecule has 0 heterocycles. The molecule has 3 unspecified atom stereocenters. The lowest BCUT2D eigenvalue weighted by Crippen LogP contribution is -2.60. The van der Waals surface area contributed by atoms with E-state index in [-0.39, 0.29) is 11.9 Å². The highest BCUT2D eigenvalue weighted by Gasteiger charge is 2.43. The number of hydrogen-bond donors (Lipinski definition) is 3. The molecular formula is C29H44N4O5. The number of terminal acetylenes is 1. The van der Waals surface area contributed by atoms with Gasteiger partial charge < -0.3 is 26.0 Å².